The minimum atomic E-state index is -2.92. The van der Waals surface area contributed by atoms with Crippen LogP contribution >= 0.6 is 11.8 Å². The number of sulfone groups is 1. The average Bonchev–Trinajstić information content (AvgIpc) is 3.35. The van der Waals surface area contributed by atoms with Crippen LogP contribution in [-0.4, -0.2) is 46.6 Å². The van der Waals surface area contributed by atoms with Gasteiger partial charge < -0.3 is 5.32 Å². The Bertz CT molecular complexity index is 1110. The number of aromatic nitrogens is 2. The van der Waals surface area contributed by atoms with Gasteiger partial charge in [0.1, 0.15) is 0 Å². The van der Waals surface area contributed by atoms with Crippen LogP contribution in [0.15, 0.2) is 66.9 Å². The minimum absolute atomic E-state index is 0.0152. The highest BCUT2D eigenvalue weighted by molar-refractivity contribution is 8.02. The Labute approximate surface area is 180 Å². The summed E-state index contributed by atoms with van der Waals surface area (Å²) < 4.78 is 25.0. The molecule has 1 aliphatic heterocycles. The Kier molecular flexibility index (Phi) is 6.24. The number of nitrogens with zero attached hydrogens (tertiary/aromatic N) is 2. The van der Waals surface area contributed by atoms with Crippen molar-refractivity contribution < 1.29 is 13.2 Å². The first-order valence-electron chi connectivity index (χ1n) is 9.78. The van der Waals surface area contributed by atoms with Crippen molar-refractivity contribution in [1.82, 2.24) is 15.1 Å². The monoisotopic (exact) mass is 441 g/mol. The van der Waals surface area contributed by atoms with Gasteiger partial charge in [-0.3, -0.25) is 4.79 Å². The molecule has 1 fully saturated rings. The standard InChI is InChI=1S/C22H23N3O3S2/c26-21(15-29-20-11-12-30(27,28)16-20)23-13-18-14-25(19-9-5-2-6-10-19)24-22(18)17-7-3-1-4-8-17/h1-10,14,20H,11-13,15-16H2,(H,23,26)/t20-/m1/s1. The summed E-state index contributed by atoms with van der Waals surface area (Å²) in [7, 11) is -2.92. The number of amides is 1. The average molecular weight is 442 g/mol. The van der Waals surface area contributed by atoms with Gasteiger partial charge in [0.25, 0.3) is 0 Å². The summed E-state index contributed by atoms with van der Waals surface area (Å²) in [6.07, 6.45) is 2.57. The Morgan fingerprint density at radius 1 is 1.10 bits per heavy atom. The van der Waals surface area contributed by atoms with E-state index in [1.807, 2.05) is 71.5 Å². The van der Waals surface area contributed by atoms with Crippen LogP contribution in [0.4, 0.5) is 0 Å². The number of hydrogen-bond acceptors (Lipinski definition) is 5. The zero-order valence-corrected chi connectivity index (χ0v) is 18.0. The summed E-state index contributed by atoms with van der Waals surface area (Å²) in [6.45, 7) is 0.361. The molecule has 1 atom stereocenters. The van der Waals surface area contributed by atoms with Crippen molar-refractivity contribution in [2.45, 2.75) is 18.2 Å². The first kappa shape index (κ1) is 20.7. The van der Waals surface area contributed by atoms with E-state index in [0.717, 1.165) is 22.5 Å². The second-order valence-electron chi connectivity index (χ2n) is 7.26. The third-order valence-corrected chi connectivity index (χ3v) is 8.26. The highest BCUT2D eigenvalue weighted by atomic mass is 32.2. The molecule has 0 unspecified atom stereocenters. The molecule has 0 saturated carbocycles. The summed E-state index contributed by atoms with van der Waals surface area (Å²) in [5, 5.41) is 7.72. The first-order valence-corrected chi connectivity index (χ1v) is 12.7. The molecular formula is C22H23N3O3S2. The number of carbonyl (C=O) groups excluding carboxylic acids is 1. The van der Waals surface area contributed by atoms with Gasteiger partial charge in [0.15, 0.2) is 9.84 Å². The smallest absolute Gasteiger partial charge is 0.230 e. The van der Waals surface area contributed by atoms with Gasteiger partial charge in [-0.25, -0.2) is 13.1 Å². The van der Waals surface area contributed by atoms with Gasteiger partial charge in [-0.15, -0.1) is 11.8 Å². The third kappa shape index (κ3) is 5.12. The van der Waals surface area contributed by atoms with Crippen molar-refractivity contribution in [1.29, 1.82) is 0 Å². The second kappa shape index (κ2) is 9.06. The van der Waals surface area contributed by atoms with Crippen LogP contribution in [0.1, 0.15) is 12.0 Å². The molecule has 2 aromatic carbocycles. The van der Waals surface area contributed by atoms with Crippen LogP contribution in [0.2, 0.25) is 0 Å². The number of hydrogen-bond donors (Lipinski definition) is 1. The lowest BCUT2D eigenvalue weighted by molar-refractivity contribution is -0.118. The van der Waals surface area contributed by atoms with E-state index in [2.05, 4.69) is 5.32 Å². The second-order valence-corrected chi connectivity index (χ2v) is 10.8. The molecule has 1 saturated heterocycles. The zero-order valence-electron chi connectivity index (χ0n) is 16.4. The molecule has 156 valence electrons. The lowest BCUT2D eigenvalue weighted by Crippen LogP contribution is -2.25. The van der Waals surface area contributed by atoms with Crippen molar-refractivity contribution in [3.05, 3.63) is 72.4 Å². The van der Waals surface area contributed by atoms with Crippen molar-refractivity contribution in [2.75, 3.05) is 17.3 Å². The maximum Gasteiger partial charge on any atom is 0.230 e. The lowest BCUT2D eigenvalue weighted by Gasteiger charge is -2.08. The van der Waals surface area contributed by atoms with E-state index in [-0.39, 0.29) is 28.4 Å². The fraction of sp³-hybridized carbons (Fsp3) is 0.273. The largest absolute Gasteiger partial charge is 0.351 e. The Morgan fingerprint density at radius 2 is 1.80 bits per heavy atom. The number of para-hydroxylation sites is 1. The van der Waals surface area contributed by atoms with Gasteiger partial charge in [-0.05, 0) is 18.6 Å². The van der Waals surface area contributed by atoms with Crippen molar-refractivity contribution >= 4 is 27.5 Å². The number of benzene rings is 2. The topological polar surface area (TPSA) is 81.1 Å². The molecule has 3 aromatic rings. The van der Waals surface area contributed by atoms with Crippen LogP contribution in [0.25, 0.3) is 16.9 Å². The molecule has 4 rings (SSSR count). The number of rotatable bonds is 7. The van der Waals surface area contributed by atoms with E-state index in [0.29, 0.717) is 13.0 Å². The van der Waals surface area contributed by atoms with Crippen molar-refractivity contribution in [3.8, 4) is 16.9 Å². The maximum absolute atomic E-state index is 12.4. The zero-order chi connectivity index (χ0) is 21.0. The van der Waals surface area contributed by atoms with Crippen molar-refractivity contribution in [3.63, 3.8) is 0 Å². The summed E-state index contributed by atoms with van der Waals surface area (Å²) in [4.78, 5) is 12.4. The van der Waals surface area contributed by atoms with Gasteiger partial charge in [0.05, 0.1) is 28.6 Å². The molecule has 0 aliphatic carbocycles. The molecule has 1 amide bonds. The van der Waals surface area contributed by atoms with Crippen LogP contribution in [0.5, 0.6) is 0 Å². The molecule has 1 aromatic heterocycles. The Balaban J connectivity index is 1.45. The third-order valence-electron chi connectivity index (χ3n) is 4.97. The molecule has 8 heteroatoms. The van der Waals surface area contributed by atoms with Gasteiger partial charge in [0, 0.05) is 29.1 Å². The predicted molar refractivity (Wildman–Crippen MR) is 120 cm³/mol. The maximum atomic E-state index is 12.4. The van der Waals surface area contributed by atoms with Crippen LogP contribution in [0, 0.1) is 0 Å². The van der Waals surface area contributed by atoms with E-state index in [4.69, 9.17) is 5.10 Å². The SMILES string of the molecule is O=C(CS[C@@H]1CCS(=O)(=O)C1)NCc1cn(-c2ccccc2)nc1-c1ccccc1. The van der Waals surface area contributed by atoms with E-state index in [1.165, 1.54) is 11.8 Å². The highest BCUT2D eigenvalue weighted by Crippen LogP contribution is 2.25. The molecular weight excluding hydrogens is 418 g/mol. The van der Waals surface area contributed by atoms with E-state index < -0.39 is 9.84 Å². The van der Waals surface area contributed by atoms with Crippen LogP contribution < -0.4 is 5.32 Å². The van der Waals surface area contributed by atoms with E-state index >= 15 is 0 Å². The molecule has 0 bridgehead atoms. The van der Waals surface area contributed by atoms with Gasteiger partial charge in [-0.1, -0.05) is 48.5 Å². The summed E-state index contributed by atoms with van der Waals surface area (Å²) in [6, 6.07) is 19.7. The lowest BCUT2D eigenvalue weighted by atomic mass is 10.1. The summed E-state index contributed by atoms with van der Waals surface area (Å²) >= 11 is 1.42. The summed E-state index contributed by atoms with van der Waals surface area (Å²) in [5.74, 6) is 0.558. The number of carbonyl (C=O) groups is 1. The Morgan fingerprint density at radius 3 is 2.47 bits per heavy atom. The molecule has 2 heterocycles. The molecule has 1 N–H and O–H groups in total. The molecule has 0 radical (unpaired) electrons. The molecule has 0 spiro atoms. The Hall–Kier alpha value is -2.58. The van der Waals surface area contributed by atoms with Crippen LogP contribution in [0.3, 0.4) is 0 Å². The number of thioether (sulfide) groups is 1. The normalized spacial score (nSPS) is 17.7. The van der Waals surface area contributed by atoms with Gasteiger partial charge in [-0.2, -0.15) is 5.10 Å². The first-order chi connectivity index (χ1) is 14.5. The molecule has 30 heavy (non-hydrogen) atoms. The molecule has 1 aliphatic rings. The molecule has 6 nitrogen and oxygen atoms in total. The summed E-state index contributed by atoms with van der Waals surface area (Å²) in [5.41, 5.74) is 3.69. The quantitative estimate of drug-likeness (QED) is 0.609. The van der Waals surface area contributed by atoms with Crippen LogP contribution in [-0.2, 0) is 21.2 Å². The minimum Gasteiger partial charge on any atom is -0.351 e. The van der Waals surface area contributed by atoms with E-state index in [1.54, 1.807) is 0 Å². The highest BCUT2D eigenvalue weighted by Gasteiger charge is 2.28. The van der Waals surface area contributed by atoms with E-state index in [9.17, 15) is 13.2 Å². The van der Waals surface area contributed by atoms with Gasteiger partial charge >= 0.3 is 0 Å². The predicted octanol–water partition coefficient (Wildman–Crippen LogP) is 3.08. The fourth-order valence-corrected chi connectivity index (χ4v) is 6.90. The fourth-order valence-electron chi connectivity index (χ4n) is 3.42. The van der Waals surface area contributed by atoms with Gasteiger partial charge in [0.2, 0.25) is 5.91 Å². The number of nitrogens with one attached hydrogen (secondary N) is 1. The van der Waals surface area contributed by atoms with Crippen molar-refractivity contribution in [2.24, 2.45) is 0 Å².